The third kappa shape index (κ3) is 4.35. The van der Waals surface area contributed by atoms with Gasteiger partial charge in [0.15, 0.2) is 0 Å². The van der Waals surface area contributed by atoms with Gasteiger partial charge in [-0.1, -0.05) is 12.1 Å². The molecule has 1 aromatic carbocycles. The highest BCUT2D eigenvalue weighted by molar-refractivity contribution is 6.05. The molecular weight excluding hydrogens is 306 g/mol. The van der Waals surface area contributed by atoms with Crippen molar-refractivity contribution >= 4 is 11.9 Å². The van der Waals surface area contributed by atoms with Crippen LogP contribution in [0.25, 0.3) is 0 Å². The molecular formula is C19H27NO4. The lowest BCUT2D eigenvalue weighted by Crippen LogP contribution is -2.21. The number of hydrogen-bond acceptors (Lipinski definition) is 5. The zero-order valence-electron chi connectivity index (χ0n) is 14.9. The van der Waals surface area contributed by atoms with Crippen LogP contribution in [-0.4, -0.2) is 50.2 Å². The Labute approximate surface area is 143 Å². The fourth-order valence-electron chi connectivity index (χ4n) is 3.17. The van der Waals surface area contributed by atoms with E-state index in [2.05, 4.69) is 11.9 Å². The summed E-state index contributed by atoms with van der Waals surface area (Å²) in [7, 11) is 2.11. The quantitative estimate of drug-likeness (QED) is 0.793. The van der Waals surface area contributed by atoms with E-state index < -0.39 is 11.9 Å². The van der Waals surface area contributed by atoms with Crippen molar-refractivity contribution < 1.29 is 19.1 Å². The minimum Gasteiger partial charge on any atom is -0.462 e. The van der Waals surface area contributed by atoms with Crippen molar-refractivity contribution in [2.45, 2.75) is 39.5 Å². The van der Waals surface area contributed by atoms with E-state index in [9.17, 15) is 9.59 Å². The van der Waals surface area contributed by atoms with Gasteiger partial charge in [0.25, 0.3) is 0 Å². The second-order valence-corrected chi connectivity index (χ2v) is 6.09. The largest absolute Gasteiger partial charge is 0.462 e. The number of nitrogens with zero attached hydrogens (tertiary/aromatic N) is 1. The van der Waals surface area contributed by atoms with Crippen LogP contribution in [0.3, 0.4) is 0 Å². The molecule has 0 aromatic heterocycles. The molecule has 5 nitrogen and oxygen atoms in total. The summed E-state index contributed by atoms with van der Waals surface area (Å²) in [5.41, 5.74) is 2.54. The van der Waals surface area contributed by atoms with Gasteiger partial charge in [-0.25, -0.2) is 9.59 Å². The maximum Gasteiger partial charge on any atom is 0.339 e. The van der Waals surface area contributed by atoms with Crippen LogP contribution in [0.1, 0.15) is 58.5 Å². The first kappa shape index (κ1) is 18.5. The number of ether oxygens (including phenoxy) is 2. The molecule has 2 aliphatic rings. The molecule has 0 amide bonds. The van der Waals surface area contributed by atoms with Gasteiger partial charge < -0.3 is 14.4 Å². The van der Waals surface area contributed by atoms with Crippen LogP contribution >= 0.6 is 0 Å². The Morgan fingerprint density at radius 3 is 1.71 bits per heavy atom. The lowest BCUT2D eigenvalue weighted by molar-refractivity contribution is 0.0476. The smallest absolute Gasteiger partial charge is 0.339 e. The van der Waals surface area contributed by atoms with Gasteiger partial charge in [-0.15, -0.1) is 0 Å². The zero-order valence-corrected chi connectivity index (χ0v) is 14.9. The standard InChI is InChI=1S/C19H27NO4/c1-4-23-18(21)16-14-8-6-12-20(3)13-7-9-15(11-10-14)17(16)19(22)24-5-2/h10-11H,4-9,12-13H2,1-3H3. The third-order valence-electron chi connectivity index (χ3n) is 4.31. The highest BCUT2D eigenvalue weighted by atomic mass is 16.5. The Balaban J connectivity index is 2.54. The average molecular weight is 333 g/mol. The lowest BCUT2D eigenvalue weighted by atomic mass is 9.91. The van der Waals surface area contributed by atoms with E-state index in [4.69, 9.17) is 9.47 Å². The van der Waals surface area contributed by atoms with Gasteiger partial charge in [-0.05, 0) is 70.8 Å². The zero-order chi connectivity index (χ0) is 17.5. The number of hydrogen-bond donors (Lipinski definition) is 0. The first-order chi connectivity index (χ1) is 11.6. The van der Waals surface area contributed by atoms with Crippen LogP contribution in [0.15, 0.2) is 12.1 Å². The van der Waals surface area contributed by atoms with Gasteiger partial charge in [0.2, 0.25) is 0 Å². The Hall–Kier alpha value is -1.88. The highest BCUT2D eigenvalue weighted by Gasteiger charge is 2.26. The van der Waals surface area contributed by atoms with Gasteiger partial charge in [0.05, 0.1) is 24.3 Å². The van der Waals surface area contributed by atoms with Crippen molar-refractivity contribution in [2.24, 2.45) is 0 Å². The maximum atomic E-state index is 12.6. The number of fused-ring (bicyclic) bond motifs is 8. The molecule has 0 saturated carbocycles. The summed E-state index contributed by atoms with van der Waals surface area (Å²) < 4.78 is 10.5. The van der Waals surface area contributed by atoms with Gasteiger partial charge >= 0.3 is 11.9 Å². The summed E-state index contributed by atoms with van der Waals surface area (Å²) in [6.07, 6.45) is 3.35. The first-order valence-corrected chi connectivity index (χ1v) is 8.76. The maximum absolute atomic E-state index is 12.6. The average Bonchev–Trinajstić information content (AvgIpc) is 2.60. The monoisotopic (exact) mass is 333 g/mol. The van der Waals surface area contributed by atoms with Crippen molar-refractivity contribution in [3.8, 4) is 0 Å². The molecule has 0 spiro atoms. The summed E-state index contributed by atoms with van der Waals surface area (Å²) >= 11 is 0. The number of esters is 2. The molecule has 0 fully saturated rings. The summed E-state index contributed by atoms with van der Waals surface area (Å²) in [5.74, 6) is -0.852. The molecule has 0 radical (unpaired) electrons. The first-order valence-electron chi connectivity index (χ1n) is 8.76. The van der Waals surface area contributed by atoms with E-state index >= 15 is 0 Å². The number of carbonyl (C=O) groups is 2. The van der Waals surface area contributed by atoms with Crippen LogP contribution in [0.4, 0.5) is 0 Å². The van der Waals surface area contributed by atoms with Gasteiger partial charge in [0.1, 0.15) is 0 Å². The lowest BCUT2D eigenvalue weighted by Gasteiger charge is -2.16. The van der Waals surface area contributed by atoms with Crippen molar-refractivity contribution in [2.75, 3.05) is 33.4 Å². The molecule has 0 saturated heterocycles. The molecule has 0 unspecified atom stereocenters. The van der Waals surface area contributed by atoms with Gasteiger partial charge in [-0.3, -0.25) is 0 Å². The Bertz CT molecular complexity index is 546. The van der Waals surface area contributed by atoms with Crippen LogP contribution < -0.4 is 0 Å². The van der Waals surface area contributed by atoms with E-state index in [1.54, 1.807) is 13.8 Å². The third-order valence-corrected chi connectivity index (χ3v) is 4.31. The Kier molecular flexibility index (Phi) is 6.79. The summed E-state index contributed by atoms with van der Waals surface area (Å²) in [6, 6.07) is 3.94. The van der Waals surface area contributed by atoms with E-state index in [1.165, 1.54) is 0 Å². The SMILES string of the molecule is CCOC(=O)c1c2ccc(c1C(=O)OCC)CCCN(C)CCC2. The number of benzene rings is 1. The minimum absolute atomic E-state index is 0.285. The molecule has 2 aliphatic heterocycles. The van der Waals surface area contributed by atoms with Gasteiger partial charge in [0, 0.05) is 0 Å². The van der Waals surface area contributed by atoms with Crippen molar-refractivity contribution in [3.63, 3.8) is 0 Å². The highest BCUT2D eigenvalue weighted by Crippen LogP contribution is 2.25. The van der Waals surface area contributed by atoms with Gasteiger partial charge in [-0.2, -0.15) is 0 Å². The summed E-state index contributed by atoms with van der Waals surface area (Å²) in [5, 5.41) is 0. The molecule has 24 heavy (non-hydrogen) atoms. The number of rotatable bonds is 4. The molecule has 1 aromatic rings. The van der Waals surface area contributed by atoms with Crippen LogP contribution in [0.2, 0.25) is 0 Å². The molecule has 132 valence electrons. The molecule has 2 heterocycles. The fourth-order valence-corrected chi connectivity index (χ4v) is 3.17. The fraction of sp³-hybridized carbons (Fsp3) is 0.579. The van der Waals surface area contributed by atoms with Crippen LogP contribution in [-0.2, 0) is 22.3 Å². The topological polar surface area (TPSA) is 55.8 Å². The minimum atomic E-state index is -0.426. The number of aryl methyl sites for hydroxylation is 2. The summed E-state index contributed by atoms with van der Waals surface area (Å²) in [6.45, 7) is 6.05. The predicted molar refractivity (Wildman–Crippen MR) is 92.5 cm³/mol. The summed E-state index contributed by atoms with van der Waals surface area (Å²) in [4.78, 5) is 27.4. The Morgan fingerprint density at radius 1 is 0.917 bits per heavy atom. The van der Waals surface area contributed by atoms with Crippen molar-refractivity contribution in [1.82, 2.24) is 4.90 Å². The molecule has 0 atom stereocenters. The van der Waals surface area contributed by atoms with E-state index in [1.807, 2.05) is 12.1 Å². The molecule has 3 rings (SSSR count). The molecule has 0 aliphatic carbocycles. The second kappa shape index (κ2) is 8.83. The van der Waals surface area contributed by atoms with E-state index in [-0.39, 0.29) is 13.2 Å². The number of carbonyl (C=O) groups excluding carboxylic acids is 2. The van der Waals surface area contributed by atoms with Crippen LogP contribution in [0.5, 0.6) is 0 Å². The molecule has 0 N–H and O–H groups in total. The van der Waals surface area contributed by atoms with Crippen LogP contribution in [0, 0.1) is 0 Å². The molecule has 5 heteroatoms. The second-order valence-electron chi connectivity index (χ2n) is 6.09. The predicted octanol–water partition coefficient (Wildman–Crippen LogP) is 2.85. The van der Waals surface area contributed by atoms with Crippen molar-refractivity contribution in [3.05, 3.63) is 34.4 Å². The van der Waals surface area contributed by atoms with E-state index in [0.717, 1.165) is 49.9 Å². The molecule has 2 bridgehead atoms. The Morgan fingerprint density at radius 2 is 1.33 bits per heavy atom. The van der Waals surface area contributed by atoms with Crippen molar-refractivity contribution in [1.29, 1.82) is 0 Å². The van der Waals surface area contributed by atoms with E-state index in [0.29, 0.717) is 11.1 Å². The normalized spacial score (nSPS) is 15.6.